The van der Waals surface area contributed by atoms with Crippen molar-refractivity contribution in [2.24, 2.45) is 5.73 Å². The lowest BCUT2D eigenvalue weighted by Gasteiger charge is -2.25. The van der Waals surface area contributed by atoms with Crippen LogP contribution in [-0.4, -0.2) is 58.3 Å². The highest BCUT2D eigenvalue weighted by Gasteiger charge is 2.26. The molecule has 0 bridgehead atoms. The molecule has 36 heavy (non-hydrogen) atoms. The fourth-order valence-corrected chi connectivity index (χ4v) is 5.16. The van der Waals surface area contributed by atoms with Gasteiger partial charge in [0.15, 0.2) is 5.75 Å². The number of hydrogen-bond donors (Lipinski definition) is 3. The molecule has 0 aliphatic carbocycles. The number of nitrogens with zero attached hydrogens (tertiary/aromatic N) is 1. The maximum atomic E-state index is 13.2. The molecule has 1 aliphatic rings. The molecule has 1 saturated heterocycles. The van der Waals surface area contributed by atoms with Crippen LogP contribution in [0.4, 0.5) is 5.69 Å². The summed E-state index contributed by atoms with van der Waals surface area (Å²) in [6.45, 7) is 5.46. The third-order valence-electron chi connectivity index (χ3n) is 5.81. The Morgan fingerprint density at radius 3 is 2.53 bits per heavy atom. The van der Waals surface area contributed by atoms with E-state index in [2.05, 4.69) is 5.32 Å². The van der Waals surface area contributed by atoms with Crippen molar-refractivity contribution in [2.45, 2.75) is 32.8 Å². The van der Waals surface area contributed by atoms with Crippen molar-refractivity contribution in [3.05, 3.63) is 65.2 Å². The third kappa shape index (κ3) is 7.56. The number of anilines is 1. The number of nitrogen functional groups attached to an aromatic ring is 1. The van der Waals surface area contributed by atoms with E-state index in [0.29, 0.717) is 17.0 Å². The first-order valence-electron chi connectivity index (χ1n) is 11.9. The number of sulfonamides is 1. The highest BCUT2D eigenvalue weighted by Crippen LogP contribution is 2.25. The van der Waals surface area contributed by atoms with Crippen LogP contribution in [0, 0.1) is 12.3 Å². The lowest BCUT2D eigenvalue weighted by Crippen LogP contribution is -2.36. The highest BCUT2D eigenvalue weighted by molar-refractivity contribution is 7.93. The first-order valence-corrected chi connectivity index (χ1v) is 13.6. The van der Waals surface area contributed by atoms with Gasteiger partial charge in [0.05, 0.1) is 18.8 Å². The number of esters is 1. The van der Waals surface area contributed by atoms with Gasteiger partial charge in [-0.15, -0.1) is 0 Å². The molecule has 1 heterocycles. The Morgan fingerprint density at radius 1 is 1.19 bits per heavy atom. The fourth-order valence-electron chi connectivity index (χ4n) is 3.87. The van der Waals surface area contributed by atoms with Gasteiger partial charge in [0, 0.05) is 5.56 Å². The predicted molar refractivity (Wildman–Crippen MR) is 142 cm³/mol. The number of carbonyl (C=O) groups excluding carboxylic acids is 1. The maximum absolute atomic E-state index is 13.2. The zero-order valence-corrected chi connectivity index (χ0v) is 21.5. The topological polar surface area (TPSA) is 135 Å². The van der Waals surface area contributed by atoms with Gasteiger partial charge in [-0.25, -0.2) is 8.42 Å². The van der Waals surface area contributed by atoms with E-state index in [0.717, 1.165) is 37.1 Å². The number of amidine groups is 1. The first-order chi connectivity index (χ1) is 17.2. The van der Waals surface area contributed by atoms with Crippen LogP contribution >= 0.6 is 0 Å². The van der Waals surface area contributed by atoms with Crippen LogP contribution in [-0.2, 0) is 19.6 Å². The molecular weight excluding hydrogens is 480 g/mol. The predicted octanol–water partition coefficient (Wildman–Crippen LogP) is 2.82. The van der Waals surface area contributed by atoms with Gasteiger partial charge in [0.25, 0.3) is 0 Å². The van der Waals surface area contributed by atoms with Crippen molar-refractivity contribution < 1.29 is 22.7 Å². The largest absolute Gasteiger partial charge is 0.490 e. The number of hydrogen-bond acceptors (Lipinski definition) is 7. The number of nitrogens with one attached hydrogen (secondary N) is 2. The normalized spacial score (nSPS) is 14.5. The Balaban J connectivity index is 1.83. The summed E-state index contributed by atoms with van der Waals surface area (Å²) in [5, 5.41) is 10.9. The van der Waals surface area contributed by atoms with Crippen molar-refractivity contribution >= 4 is 33.6 Å². The van der Waals surface area contributed by atoms with Gasteiger partial charge in [-0.1, -0.05) is 24.3 Å². The molecule has 4 N–H and O–H groups in total. The van der Waals surface area contributed by atoms with Crippen molar-refractivity contribution in [2.75, 3.05) is 36.3 Å². The monoisotopic (exact) mass is 514 g/mol. The van der Waals surface area contributed by atoms with Crippen LogP contribution in [0.2, 0.25) is 0 Å². The van der Waals surface area contributed by atoms with E-state index in [9.17, 15) is 13.2 Å². The first kappa shape index (κ1) is 27.2. The van der Waals surface area contributed by atoms with Crippen molar-refractivity contribution in [3.63, 3.8) is 0 Å². The number of rotatable bonds is 11. The van der Waals surface area contributed by atoms with E-state index >= 15 is 0 Å². The number of aryl methyl sites for hydroxylation is 1. The molecule has 1 fully saturated rings. The molecule has 10 heteroatoms. The number of piperidine rings is 1. The second-order valence-corrected chi connectivity index (χ2v) is 10.4. The van der Waals surface area contributed by atoms with Crippen LogP contribution in [0.25, 0.3) is 6.08 Å². The highest BCUT2D eigenvalue weighted by atomic mass is 32.2. The third-order valence-corrected chi connectivity index (χ3v) is 7.45. The van der Waals surface area contributed by atoms with Crippen LogP contribution < -0.4 is 20.1 Å². The van der Waals surface area contributed by atoms with Gasteiger partial charge < -0.3 is 20.5 Å². The van der Waals surface area contributed by atoms with Crippen LogP contribution in [0.5, 0.6) is 5.75 Å². The minimum Gasteiger partial charge on any atom is -0.490 e. The van der Waals surface area contributed by atoms with Gasteiger partial charge in [-0.2, -0.15) is 0 Å². The number of nitrogens with two attached hydrogens (primary N) is 1. The Labute approximate surface area is 212 Å². The molecule has 0 unspecified atom stereocenters. The average Bonchev–Trinajstić information content (AvgIpc) is 2.84. The Bertz CT molecular complexity index is 1190. The van der Waals surface area contributed by atoms with Crippen molar-refractivity contribution in [1.29, 1.82) is 5.41 Å². The molecular formula is C26H34N4O5S. The van der Waals surface area contributed by atoms with Crippen molar-refractivity contribution in [1.82, 2.24) is 5.32 Å². The molecule has 0 amide bonds. The summed E-state index contributed by atoms with van der Waals surface area (Å²) in [4.78, 5) is 12.0. The maximum Gasteiger partial charge on any atom is 0.323 e. The van der Waals surface area contributed by atoms with Crippen LogP contribution in [0.3, 0.4) is 0 Å². The van der Waals surface area contributed by atoms with E-state index in [1.165, 1.54) is 4.31 Å². The van der Waals surface area contributed by atoms with E-state index in [-0.39, 0.29) is 25.1 Å². The fraction of sp³-hybridized carbons (Fsp3) is 0.385. The molecule has 194 valence electrons. The molecule has 2 aromatic rings. The molecule has 2 aromatic carbocycles. The quantitative estimate of drug-likeness (QED) is 0.238. The minimum atomic E-state index is -4.02. The van der Waals surface area contributed by atoms with Gasteiger partial charge in [-0.3, -0.25) is 14.5 Å². The summed E-state index contributed by atoms with van der Waals surface area (Å²) in [5.74, 6) is -0.945. The standard InChI is InChI=1S/C26H34N4O5S/c1-3-34-25(31)18-36(32,33)30(16-4-5-20-17-21(26(27)28)7-6-19(20)2)22-8-10-23(11-9-22)35-24-12-14-29-15-13-24/h4-11,17,24,29H,3,12-16,18H2,1-2H3,(H3,27,28)/b5-4+. The van der Waals surface area contributed by atoms with Gasteiger partial charge in [0.1, 0.15) is 17.7 Å². The second kappa shape index (κ2) is 12.5. The molecule has 0 spiro atoms. The lowest BCUT2D eigenvalue weighted by molar-refractivity contribution is -0.139. The van der Waals surface area contributed by atoms with E-state index in [1.54, 1.807) is 55.5 Å². The summed E-state index contributed by atoms with van der Waals surface area (Å²) in [6, 6.07) is 12.2. The smallest absolute Gasteiger partial charge is 0.323 e. The lowest BCUT2D eigenvalue weighted by atomic mass is 10.0. The van der Waals surface area contributed by atoms with Gasteiger partial charge in [0.2, 0.25) is 10.0 Å². The Kier molecular flexibility index (Phi) is 9.49. The number of carbonyl (C=O) groups is 1. The van der Waals surface area contributed by atoms with Crippen LogP contribution in [0.1, 0.15) is 36.5 Å². The van der Waals surface area contributed by atoms with E-state index in [1.807, 2.05) is 13.0 Å². The molecule has 0 aromatic heterocycles. The summed E-state index contributed by atoms with van der Waals surface area (Å²) in [5.41, 5.74) is 8.36. The Morgan fingerprint density at radius 2 is 1.89 bits per heavy atom. The van der Waals surface area contributed by atoms with Gasteiger partial charge >= 0.3 is 5.97 Å². The summed E-state index contributed by atoms with van der Waals surface area (Å²) < 4.78 is 38.4. The average molecular weight is 515 g/mol. The molecule has 0 saturated carbocycles. The molecule has 0 radical (unpaired) electrons. The van der Waals surface area contributed by atoms with Crippen LogP contribution in [0.15, 0.2) is 48.5 Å². The van der Waals surface area contributed by atoms with Gasteiger partial charge in [-0.05, 0) is 81.2 Å². The van der Waals surface area contributed by atoms with E-state index < -0.39 is 21.7 Å². The SMILES string of the molecule is CCOC(=O)CS(=O)(=O)N(C/C=C/c1cc(C(=N)N)ccc1C)c1ccc(OC2CCNCC2)cc1. The molecule has 3 rings (SSSR count). The number of ether oxygens (including phenoxy) is 2. The van der Waals surface area contributed by atoms with E-state index in [4.69, 9.17) is 20.6 Å². The number of benzene rings is 2. The molecule has 0 atom stereocenters. The Hall–Kier alpha value is -3.37. The summed E-state index contributed by atoms with van der Waals surface area (Å²) in [6.07, 6.45) is 5.43. The summed E-state index contributed by atoms with van der Waals surface area (Å²) >= 11 is 0. The zero-order valence-electron chi connectivity index (χ0n) is 20.7. The molecule has 9 nitrogen and oxygen atoms in total. The van der Waals surface area contributed by atoms with Crippen molar-refractivity contribution in [3.8, 4) is 5.75 Å². The second-order valence-electron chi connectivity index (χ2n) is 8.54. The summed E-state index contributed by atoms with van der Waals surface area (Å²) in [7, 11) is -4.02. The molecule has 1 aliphatic heterocycles. The minimum absolute atomic E-state index is 0.0000242. The zero-order chi connectivity index (χ0) is 26.1.